The van der Waals surface area contributed by atoms with Crippen LogP contribution in [0.4, 0.5) is 0 Å². The topological polar surface area (TPSA) is 47.6 Å². The van der Waals surface area contributed by atoms with Crippen LogP contribution in [0, 0.1) is 0 Å². The zero-order chi connectivity index (χ0) is 15.9. The van der Waals surface area contributed by atoms with Gasteiger partial charge in [0.05, 0.1) is 40.7 Å². The average Bonchev–Trinajstić information content (AvgIpc) is 3.15. The largest absolute Gasteiger partial charge is 0.493 e. The molecule has 0 aliphatic carbocycles. The van der Waals surface area contributed by atoms with Gasteiger partial charge in [0, 0.05) is 16.7 Å². The van der Waals surface area contributed by atoms with Gasteiger partial charge in [-0.05, 0) is 43.0 Å². The second-order valence-electron chi connectivity index (χ2n) is 5.96. The SMILES string of the molecule is [B]C([B])(C1CCCN1)C1CS(=O)c2cc(OC)c(OC)cc21. The summed E-state index contributed by atoms with van der Waals surface area (Å²) in [4.78, 5) is 0.751. The molecule has 0 bridgehead atoms. The molecule has 7 heteroatoms. The Morgan fingerprint density at radius 2 is 1.95 bits per heavy atom. The van der Waals surface area contributed by atoms with Crippen LogP contribution in [0.15, 0.2) is 17.0 Å². The van der Waals surface area contributed by atoms with Gasteiger partial charge in [0.15, 0.2) is 11.5 Å². The summed E-state index contributed by atoms with van der Waals surface area (Å²) in [6.07, 6.45) is 2.01. The molecule has 1 aromatic rings. The maximum absolute atomic E-state index is 12.5. The lowest BCUT2D eigenvalue weighted by Gasteiger charge is -2.39. The molecule has 4 radical (unpaired) electrons. The molecule has 3 rings (SSSR count). The van der Waals surface area contributed by atoms with Crippen LogP contribution >= 0.6 is 0 Å². The fraction of sp³-hybridized carbons (Fsp3) is 0.600. The van der Waals surface area contributed by atoms with E-state index in [0.29, 0.717) is 17.3 Å². The fourth-order valence-electron chi connectivity index (χ4n) is 3.44. The van der Waals surface area contributed by atoms with E-state index in [1.165, 1.54) is 0 Å². The zero-order valence-corrected chi connectivity index (χ0v) is 13.7. The van der Waals surface area contributed by atoms with E-state index in [0.717, 1.165) is 29.8 Å². The molecule has 1 N–H and O–H groups in total. The maximum Gasteiger partial charge on any atom is 0.161 e. The van der Waals surface area contributed by atoms with Gasteiger partial charge in [0.2, 0.25) is 0 Å². The van der Waals surface area contributed by atoms with Crippen LogP contribution in [0.25, 0.3) is 0 Å². The molecule has 4 nitrogen and oxygen atoms in total. The first kappa shape index (κ1) is 15.9. The van der Waals surface area contributed by atoms with E-state index in [-0.39, 0.29) is 12.0 Å². The van der Waals surface area contributed by atoms with Gasteiger partial charge in [-0.25, -0.2) is 0 Å². The van der Waals surface area contributed by atoms with Gasteiger partial charge in [0.25, 0.3) is 0 Å². The van der Waals surface area contributed by atoms with Crippen LogP contribution in [-0.4, -0.2) is 52.5 Å². The zero-order valence-electron chi connectivity index (χ0n) is 12.9. The molecule has 22 heavy (non-hydrogen) atoms. The molecule has 1 aromatic carbocycles. The Hall–Kier alpha value is -0.940. The van der Waals surface area contributed by atoms with Crippen LogP contribution in [0.3, 0.4) is 0 Å². The van der Waals surface area contributed by atoms with Gasteiger partial charge < -0.3 is 14.8 Å². The Morgan fingerprint density at radius 3 is 2.55 bits per heavy atom. The Balaban J connectivity index is 2.03. The fourth-order valence-corrected chi connectivity index (χ4v) is 5.10. The molecule has 1 saturated heterocycles. The Labute approximate surface area is 136 Å². The van der Waals surface area contributed by atoms with Gasteiger partial charge in [0.1, 0.15) is 0 Å². The van der Waals surface area contributed by atoms with E-state index in [1.54, 1.807) is 20.3 Å². The summed E-state index contributed by atoms with van der Waals surface area (Å²) in [5.74, 6) is 1.46. The highest BCUT2D eigenvalue weighted by Crippen LogP contribution is 2.50. The van der Waals surface area contributed by atoms with Gasteiger partial charge >= 0.3 is 0 Å². The lowest BCUT2D eigenvalue weighted by atomic mass is 9.44. The molecule has 0 aromatic heterocycles. The van der Waals surface area contributed by atoms with E-state index in [4.69, 9.17) is 25.2 Å². The van der Waals surface area contributed by atoms with Crippen molar-refractivity contribution in [3.8, 4) is 11.5 Å². The number of hydrogen-bond acceptors (Lipinski definition) is 4. The van der Waals surface area contributed by atoms with Gasteiger partial charge in [-0.2, -0.15) is 0 Å². The van der Waals surface area contributed by atoms with Crippen molar-refractivity contribution in [1.29, 1.82) is 0 Å². The van der Waals surface area contributed by atoms with Crippen LogP contribution < -0.4 is 14.8 Å². The number of nitrogens with one attached hydrogen (secondary N) is 1. The number of rotatable bonds is 4. The van der Waals surface area contributed by atoms with Crippen molar-refractivity contribution in [2.75, 3.05) is 26.5 Å². The van der Waals surface area contributed by atoms with Crippen LogP contribution in [-0.2, 0) is 10.8 Å². The minimum absolute atomic E-state index is 0.0357. The number of methoxy groups -OCH3 is 2. The molecule has 0 spiro atoms. The summed E-state index contributed by atoms with van der Waals surface area (Å²) >= 11 is 0. The van der Waals surface area contributed by atoms with E-state index in [9.17, 15) is 4.21 Å². The molecule has 2 aliphatic rings. The highest BCUT2D eigenvalue weighted by molar-refractivity contribution is 7.85. The minimum Gasteiger partial charge on any atom is -0.493 e. The molecule has 0 saturated carbocycles. The Morgan fingerprint density at radius 1 is 1.27 bits per heavy atom. The van der Waals surface area contributed by atoms with Crippen molar-refractivity contribution >= 4 is 26.5 Å². The smallest absolute Gasteiger partial charge is 0.161 e. The van der Waals surface area contributed by atoms with Crippen molar-refractivity contribution in [3.05, 3.63) is 17.7 Å². The van der Waals surface area contributed by atoms with E-state index in [1.807, 2.05) is 6.07 Å². The van der Waals surface area contributed by atoms with E-state index in [2.05, 4.69) is 5.32 Å². The third kappa shape index (κ3) is 2.48. The monoisotopic (exact) mass is 315 g/mol. The van der Waals surface area contributed by atoms with E-state index >= 15 is 0 Å². The molecular formula is C15H19B2NO3S. The standard InChI is InChI=1S/C15H19B2NO3S/c1-20-11-6-9-10(15(16,17)14-4-3-5-18-14)8-22(19)13(9)7-12(11)21-2/h6-7,10,14,18H,3-5,8H2,1-2H3. The third-order valence-electron chi connectivity index (χ3n) is 4.72. The molecule has 3 atom stereocenters. The number of hydrogen-bond donors (Lipinski definition) is 1. The molecule has 114 valence electrons. The van der Waals surface area contributed by atoms with Gasteiger partial charge in [-0.3, -0.25) is 4.21 Å². The highest BCUT2D eigenvalue weighted by atomic mass is 32.2. The summed E-state index contributed by atoms with van der Waals surface area (Å²) in [6, 6.07) is 3.68. The summed E-state index contributed by atoms with van der Waals surface area (Å²) in [7, 11) is 15.0. The lowest BCUT2D eigenvalue weighted by molar-refractivity contribution is 0.352. The Bertz CT molecular complexity index is 603. The summed E-state index contributed by atoms with van der Waals surface area (Å²) in [5, 5.41) is 2.43. The first-order valence-electron chi connectivity index (χ1n) is 7.44. The van der Waals surface area contributed by atoms with Crippen molar-refractivity contribution in [2.45, 2.75) is 34.9 Å². The predicted octanol–water partition coefficient (Wildman–Crippen LogP) is 1.11. The van der Waals surface area contributed by atoms with Crippen LogP contribution in [0.2, 0.25) is 5.21 Å². The first-order chi connectivity index (χ1) is 10.5. The average molecular weight is 315 g/mol. The summed E-state index contributed by atoms with van der Waals surface area (Å²) in [5.41, 5.74) is 0.912. The van der Waals surface area contributed by atoms with Crippen LogP contribution in [0.1, 0.15) is 24.3 Å². The molecule has 0 amide bonds. The second-order valence-corrected chi connectivity index (χ2v) is 7.42. The molecule has 3 unspecified atom stereocenters. The molecule has 2 aliphatic heterocycles. The predicted molar refractivity (Wildman–Crippen MR) is 88.8 cm³/mol. The number of ether oxygens (including phenoxy) is 2. The normalized spacial score (nSPS) is 27.6. The van der Waals surface area contributed by atoms with Crippen molar-refractivity contribution in [2.24, 2.45) is 0 Å². The minimum atomic E-state index is -1.12. The van der Waals surface area contributed by atoms with Crippen molar-refractivity contribution < 1.29 is 13.7 Å². The quantitative estimate of drug-likeness (QED) is 0.846. The number of benzene rings is 1. The van der Waals surface area contributed by atoms with Gasteiger partial charge in [-0.15, -0.1) is 0 Å². The Kier molecular flexibility index (Phi) is 4.29. The number of fused-ring (bicyclic) bond motifs is 1. The molecule has 1 fully saturated rings. The maximum atomic E-state index is 12.5. The first-order valence-corrected chi connectivity index (χ1v) is 8.76. The second kappa shape index (κ2) is 5.93. The van der Waals surface area contributed by atoms with Crippen LogP contribution in [0.5, 0.6) is 11.5 Å². The summed E-state index contributed by atoms with van der Waals surface area (Å²) < 4.78 is 23.1. The molecular weight excluding hydrogens is 296 g/mol. The van der Waals surface area contributed by atoms with Crippen molar-refractivity contribution in [3.63, 3.8) is 0 Å². The van der Waals surface area contributed by atoms with E-state index < -0.39 is 16.0 Å². The highest BCUT2D eigenvalue weighted by Gasteiger charge is 2.44. The third-order valence-corrected chi connectivity index (χ3v) is 6.20. The molecule has 2 heterocycles. The van der Waals surface area contributed by atoms with Crippen molar-refractivity contribution in [1.82, 2.24) is 5.32 Å². The lowest BCUT2D eigenvalue weighted by Crippen LogP contribution is -2.41. The summed E-state index contributed by atoms with van der Waals surface area (Å²) in [6.45, 7) is 0.926. The van der Waals surface area contributed by atoms with Gasteiger partial charge in [-0.1, -0.05) is 5.21 Å².